The third kappa shape index (κ3) is 5.74. The molecule has 2 atom stereocenters. The number of benzene rings is 2. The second-order valence-electron chi connectivity index (χ2n) is 8.31. The van der Waals surface area contributed by atoms with Crippen LogP contribution in [-0.2, 0) is 12.8 Å². The fourth-order valence-corrected chi connectivity index (χ4v) is 4.87. The Balaban J connectivity index is 2.06. The van der Waals surface area contributed by atoms with Crippen LogP contribution in [0, 0.1) is 11.6 Å². The highest BCUT2D eigenvalue weighted by molar-refractivity contribution is 7.97. The van der Waals surface area contributed by atoms with Crippen LogP contribution in [0.1, 0.15) is 43.7 Å². The maximum atomic E-state index is 15.5. The molecule has 0 spiro atoms. The van der Waals surface area contributed by atoms with E-state index < -0.39 is 36.1 Å². The van der Waals surface area contributed by atoms with Gasteiger partial charge in [0.2, 0.25) is 0 Å². The highest BCUT2D eigenvalue weighted by atomic mass is 32.2. The Hall–Kier alpha value is -1.83. The molecule has 2 aromatic carbocycles. The van der Waals surface area contributed by atoms with E-state index in [1.54, 1.807) is 30.3 Å². The topological polar surface area (TPSA) is 38.0 Å². The summed E-state index contributed by atoms with van der Waals surface area (Å²) in [5, 5.41) is 0. The van der Waals surface area contributed by atoms with E-state index in [0.29, 0.717) is 41.7 Å². The molecule has 1 aliphatic carbocycles. The zero-order valence-corrected chi connectivity index (χ0v) is 19.1. The summed E-state index contributed by atoms with van der Waals surface area (Å²) in [4.78, 5) is 0. The molecular weight excluding hydrogens is 436 g/mol. The molecule has 2 aromatic rings. The molecular formula is C25H30F4N2S. The first kappa shape index (κ1) is 24.8. The van der Waals surface area contributed by atoms with Crippen LogP contribution in [0.2, 0.25) is 0 Å². The van der Waals surface area contributed by atoms with Crippen LogP contribution in [0.4, 0.5) is 17.6 Å². The van der Waals surface area contributed by atoms with Crippen molar-refractivity contribution in [2.24, 2.45) is 5.73 Å². The number of nitrogens with two attached hydrogens (primary N) is 1. The van der Waals surface area contributed by atoms with E-state index in [9.17, 15) is 4.39 Å². The molecule has 0 saturated heterocycles. The third-order valence-corrected chi connectivity index (χ3v) is 6.66. The summed E-state index contributed by atoms with van der Waals surface area (Å²) < 4.78 is 63.3. The van der Waals surface area contributed by atoms with E-state index >= 15 is 13.2 Å². The van der Waals surface area contributed by atoms with Crippen molar-refractivity contribution in [3.63, 3.8) is 0 Å². The molecule has 0 amide bonds. The standard InChI is InChI=1S/C25H30F4N2S/c1-3-32-31-24-22(30)15-17-8-5-11-20(23(17)27)18-9-6-12-21(26)19(18)10-4-7-16(2)13-14-25(24,28)29/h5-6,8-9,11-12,22,24,31H,2-4,7,10,13-15,30H2,1H3. The van der Waals surface area contributed by atoms with Crippen molar-refractivity contribution < 1.29 is 17.6 Å². The van der Waals surface area contributed by atoms with Crippen molar-refractivity contribution in [3.8, 4) is 11.1 Å². The average molecular weight is 467 g/mol. The van der Waals surface area contributed by atoms with E-state index in [2.05, 4.69) is 11.3 Å². The predicted molar refractivity (Wildman–Crippen MR) is 125 cm³/mol. The van der Waals surface area contributed by atoms with Gasteiger partial charge in [0.15, 0.2) is 0 Å². The van der Waals surface area contributed by atoms with Crippen LogP contribution in [-0.4, -0.2) is 23.8 Å². The average Bonchev–Trinajstić information content (AvgIpc) is 2.75. The van der Waals surface area contributed by atoms with Gasteiger partial charge in [-0.15, -0.1) is 0 Å². The Morgan fingerprint density at radius 3 is 2.56 bits per heavy atom. The molecule has 0 fully saturated rings. The maximum Gasteiger partial charge on any atom is 0.265 e. The monoisotopic (exact) mass is 466 g/mol. The Kier molecular flexibility index (Phi) is 8.42. The molecule has 174 valence electrons. The molecule has 1 aliphatic rings. The molecule has 2 bridgehead atoms. The van der Waals surface area contributed by atoms with Gasteiger partial charge in [-0.25, -0.2) is 17.6 Å². The van der Waals surface area contributed by atoms with Gasteiger partial charge in [-0.05, 0) is 54.9 Å². The zero-order chi connectivity index (χ0) is 23.3. The van der Waals surface area contributed by atoms with Crippen LogP contribution in [0.3, 0.4) is 0 Å². The summed E-state index contributed by atoms with van der Waals surface area (Å²) in [6, 6.07) is 7.10. The lowest BCUT2D eigenvalue weighted by Gasteiger charge is -2.32. The molecule has 0 heterocycles. The van der Waals surface area contributed by atoms with Crippen molar-refractivity contribution in [2.45, 2.75) is 63.5 Å². The van der Waals surface area contributed by atoms with Gasteiger partial charge in [-0.2, -0.15) is 0 Å². The van der Waals surface area contributed by atoms with Gasteiger partial charge in [0.05, 0.1) is 6.04 Å². The lowest BCUT2D eigenvalue weighted by Crippen LogP contribution is -2.55. The molecule has 0 aliphatic heterocycles. The minimum absolute atomic E-state index is 0.0667. The van der Waals surface area contributed by atoms with Crippen molar-refractivity contribution in [1.29, 1.82) is 0 Å². The maximum absolute atomic E-state index is 15.5. The number of rotatable bonds is 3. The lowest BCUT2D eigenvalue weighted by molar-refractivity contribution is -0.0442. The minimum atomic E-state index is -3.09. The van der Waals surface area contributed by atoms with Crippen molar-refractivity contribution in [3.05, 3.63) is 71.3 Å². The Labute approximate surface area is 191 Å². The molecule has 3 N–H and O–H groups in total. The highest BCUT2D eigenvalue weighted by Gasteiger charge is 2.43. The van der Waals surface area contributed by atoms with Crippen LogP contribution in [0.15, 0.2) is 48.6 Å². The van der Waals surface area contributed by atoms with Crippen LogP contribution in [0.5, 0.6) is 0 Å². The smallest absolute Gasteiger partial charge is 0.265 e. The van der Waals surface area contributed by atoms with Crippen LogP contribution >= 0.6 is 11.9 Å². The predicted octanol–water partition coefficient (Wildman–Crippen LogP) is 6.44. The second kappa shape index (κ2) is 10.9. The van der Waals surface area contributed by atoms with Crippen molar-refractivity contribution in [2.75, 3.05) is 5.75 Å². The summed E-state index contributed by atoms with van der Waals surface area (Å²) in [6.07, 6.45) is 1.11. The Morgan fingerprint density at radius 2 is 1.81 bits per heavy atom. The van der Waals surface area contributed by atoms with E-state index in [4.69, 9.17) is 5.73 Å². The van der Waals surface area contributed by atoms with E-state index in [-0.39, 0.29) is 24.0 Å². The van der Waals surface area contributed by atoms with Gasteiger partial charge in [0.25, 0.3) is 5.92 Å². The Morgan fingerprint density at radius 1 is 1.09 bits per heavy atom. The molecule has 3 rings (SSSR count). The van der Waals surface area contributed by atoms with E-state index in [0.717, 1.165) is 0 Å². The number of hydrogen-bond acceptors (Lipinski definition) is 3. The molecule has 7 heteroatoms. The zero-order valence-electron chi connectivity index (χ0n) is 18.3. The molecule has 0 radical (unpaired) electrons. The van der Waals surface area contributed by atoms with Gasteiger partial charge in [-0.3, -0.25) is 4.72 Å². The largest absolute Gasteiger partial charge is 0.326 e. The van der Waals surface area contributed by atoms with Gasteiger partial charge >= 0.3 is 0 Å². The fraction of sp³-hybridized carbons (Fsp3) is 0.440. The molecule has 0 saturated carbocycles. The second-order valence-corrected chi connectivity index (χ2v) is 9.41. The lowest BCUT2D eigenvalue weighted by atomic mass is 9.91. The van der Waals surface area contributed by atoms with Gasteiger partial charge in [0.1, 0.15) is 11.6 Å². The highest BCUT2D eigenvalue weighted by Crippen LogP contribution is 2.34. The minimum Gasteiger partial charge on any atom is -0.326 e. The first-order valence-corrected chi connectivity index (χ1v) is 12.0. The van der Waals surface area contributed by atoms with Gasteiger partial charge < -0.3 is 5.73 Å². The molecule has 32 heavy (non-hydrogen) atoms. The Bertz CT molecular complexity index is 948. The van der Waals surface area contributed by atoms with Crippen LogP contribution < -0.4 is 10.5 Å². The van der Waals surface area contributed by atoms with Crippen LogP contribution in [0.25, 0.3) is 11.1 Å². The number of alkyl halides is 2. The summed E-state index contributed by atoms with van der Waals surface area (Å²) >= 11 is 1.17. The van der Waals surface area contributed by atoms with Crippen molar-refractivity contribution in [1.82, 2.24) is 4.72 Å². The quantitative estimate of drug-likeness (QED) is 0.311. The summed E-state index contributed by atoms with van der Waals surface area (Å²) in [5.74, 6) is -3.43. The number of nitrogens with one attached hydrogen (secondary N) is 1. The van der Waals surface area contributed by atoms with E-state index in [1.165, 1.54) is 18.0 Å². The number of allylic oxidation sites excluding steroid dienone is 1. The first-order valence-electron chi connectivity index (χ1n) is 11.0. The summed E-state index contributed by atoms with van der Waals surface area (Å²) in [5.41, 5.74) is 8.35. The molecule has 0 aromatic heterocycles. The third-order valence-electron chi connectivity index (χ3n) is 5.95. The first-order chi connectivity index (χ1) is 15.2. The van der Waals surface area contributed by atoms with Gasteiger partial charge in [0, 0.05) is 23.8 Å². The summed E-state index contributed by atoms with van der Waals surface area (Å²) in [7, 11) is 0. The number of halogens is 4. The van der Waals surface area contributed by atoms with E-state index in [1.807, 2.05) is 6.92 Å². The normalized spacial score (nSPS) is 22.0. The SMILES string of the molecule is C=C1CCCc2c(F)cccc2-c2cccc(c2F)CC(N)C(NSCC)C(F)(F)CC1. The number of fused-ring (bicyclic) bond motifs is 4. The molecule has 2 unspecified atom stereocenters. The molecule has 2 nitrogen and oxygen atoms in total. The number of hydrogen-bond donors (Lipinski definition) is 2. The van der Waals surface area contributed by atoms with Crippen molar-refractivity contribution >= 4 is 11.9 Å². The van der Waals surface area contributed by atoms with Gasteiger partial charge in [-0.1, -0.05) is 61.4 Å². The summed E-state index contributed by atoms with van der Waals surface area (Å²) in [6.45, 7) is 5.80. The fourth-order valence-electron chi connectivity index (χ4n) is 4.18.